The number of hydrogen-bond donors (Lipinski definition) is 1. The largest absolute Gasteiger partial charge is 0.383 e. The van der Waals surface area contributed by atoms with E-state index in [1.54, 1.807) is 12.2 Å². The van der Waals surface area contributed by atoms with Gasteiger partial charge in [-0.2, -0.15) is 0 Å². The van der Waals surface area contributed by atoms with Crippen molar-refractivity contribution in [3.63, 3.8) is 0 Å². The van der Waals surface area contributed by atoms with Gasteiger partial charge in [0.05, 0.1) is 5.70 Å². The maximum absolute atomic E-state index is 12.0. The molecule has 0 heterocycles. The van der Waals surface area contributed by atoms with Gasteiger partial charge in [-0.05, 0) is 19.9 Å². The highest BCUT2D eigenvalue weighted by Crippen LogP contribution is 1.92. The second kappa shape index (κ2) is 7.06. The van der Waals surface area contributed by atoms with Gasteiger partial charge in [0.15, 0.2) is 0 Å². The smallest absolute Gasteiger partial charge is 0.110 e. The van der Waals surface area contributed by atoms with Crippen LogP contribution in [-0.4, -0.2) is 6.54 Å². The summed E-state index contributed by atoms with van der Waals surface area (Å²) in [6, 6.07) is 0. The van der Waals surface area contributed by atoms with Gasteiger partial charge in [-0.25, -0.2) is 4.39 Å². The Bertz CT molecular complexity index is 168. The average molecular weight is 155 g/mol. The Hall–Kier alpha value is -1.05. The van der Waals surface area contributed by atoms with Crippen molar-refractivity contribution >= 4 is 0 Å². The lowest BCUT2D eigenvalue weighted by Crippen LogP contribution is -2.09. The van der Waals surface area contributed by atoms with Gasteiger partial charge in [-0.3, -0.25) is 0 Å². The molecule has 0 saturated carbocycles. The van der Waals surface area contributed by atoms with E-state index in [1.807, 2.05) is 26.0 Å². The van der Waals surface area contributed by atoms with E-state index in [2.05, 4.69) is 5.32 Å². The van der Waals surface area contributed by atoms with E-state index in [0.717, 1.165) is 6.54 Å². The first kappa shape index (κ1) is 9.95. The van der Waals surface area contributed by atoms with Crippen molar-refractivity contribution in [1.29, 1.82) is 0 Å². The predicted octanol–water partition coefficient (Wildman–Crippen LogP) is 2.54. The highest BCUT2D eigenvalue weighted by Gasteiger charge is 1.84. The van der Waals surface area contributed by atoms with Gasteiger partial charge in [-0.15, -0.1) is 0 Å². The van der Waals surface area contributed by atoms with Crippen molar-refractivity contribution in [1.82, 2.24) is 5.32 Å². The number of rotatable bonds is 4. The highest BCUT2D eigenvalue weighted by molar-refractivity contribution is 5.18. The Balaban J connectivity index is 3.88. The zero-order valence-electron chi connectivity index (χ0n) is 6.97. The molecule has 0 atom stereocenters. The lowest BCUT2D eigenvalue weighted by molar-refractivity contribution is 0.693. The maximum atomic E-state index is 12.0. The molecule has 1 N–H and O–H groups in total. The molecule has 0 bridgehead atoms. The topological polar surface area (TPSA) is 12.0 Å². The summed E-state index contributed by atoms with van der Waals surface area (Å²) in [5.74, 6) is 0. The van der Waals surface area contributed by atoms with Crippen LogP contribution in [0.4, 0.5) is 4.39 Å². The van der Waals surface area contributed by atoms with Crippen LogP contribution < -0.4 is 5.32 Å². The summed E-state index contributed by atoms with van der Waals surface area (Å²) in [7, 11) is 0. The summed E-state index contributed by atoms with van der Waals surface area (Å²) in [5.41, 5.74) is 0.505. The molecule has 1 nitrogen and oxygen atoms in total. The van der Waals surface area contributed by atoms with Gasteiger partial charge in [0.2, 0.25) is 0 Å². The molecule has 0 radical (unpaired) electrons. The van der Waals surface area contributed by atoms with E-state index in [0.29, 0.717) is 12.0 Å². The van der Waals surface area contributed by atoms with Crippen molar-refractivity contribution in [3.05, 3.63) is 36.3 Å². The van der Waals surface area contributed by atoms with E-state index in [9.17, 15) is 4.39 Å². The third-order valence-electron chi connectivity index (χ3n) is 1.08. The second-order valence-corrected chi connectivity index (χ2v) is 1.98. The van der Waals surface area contributed by atoms with Gasteiger partial charge >= 0.3 is 0 Å². The van der Waals surface area contributed by atoms with Gasteiger partial charge in [0, 0.05) is 6.54 Å². The van der Waals surface area contributed by atoms with Crippen LogP contribution in [0.2, 0.25) is 0 Å². The monoisotopic (exact) mass is 155 g/mol. The normalized spacial score (nSPS) is 13.2. The summed E-state index contributed by atoms with van der Waals surface area (Å²) in [4.78, 5) is 0. The minimum atomic E-state index is 0.505. The third kappa shape index (κ3) is 5.40. The molecule has 0 aliphatic carbocycles. The second-order valence-electron chi connectivity index (χ2n) is 1.98. The van der Waals surface area contributed by atoms with Gasteiger partial charge in [0.25, 0.3) is 0 Å². The van der Waals surface area contributed by atoms with Crippen molar-refractivity contribution in [3.8, 4) is 0 Å². The van der Waals surface area contributed by atoms with E-state index in [4.69, 9.17) is 0 Å². The number of halogens is 1. The first-order valence-corrected chi connectivity index (χ1v) is 3.68. The molecular weight excluding hydrogens is 141 g/mol. The summed E-state index contributed by atoms with van der Waals surface area (Å²) in [5, 5.41) is 2.86. The van der Waals surface area contributed by atoms with Crippen molar-refractivity contribution in [2.24, 2.45) is 0 Å². The maximum Gasteiger partial charge on any atom is 0.110 e. The zero-order valence-corrected chi connectivity index (χ0v) is 6.97. The molecule has 2 heteroatoms. The highest BCUT2D eigenvalue weighted by atomic mass is 19.1. The van der Waals surface area contributed by atoms with E-state index in [-0.39, 0.29) is 0 Å². The van der Waals surface area contributed by atoms with Crippen LogP contribution in [0.15, 0.2) is 36.3 Å². The van der Waals surface area contributed by atoms with Crippen LogP contribution in [0.1, 0.15) is 13.8 Å². The summed E-state index contributed by atoms with van der Waals surface area (Å²) < 4.78 is 12.0. The molecule has 0 aliphatic heterocycles. The van der Waals surface area contributed by atoms with Crippen LogP contribution >= 0.6 is 0 Å². The molecule has 0 fully saturated rings. The standard InChI is InChI=1S/C9H14FN/c1-3-5-6-7-9(8-10)11-4-2/h3,5-8,11H,4H2,1-2H3/b5-3-,7-6-,9-8-. The molecule has 0 aromatic carbocycles. The minimum absolute atomic E-state index is 0.505. The van der Waals surface area contributed by atoms with Crippen molar-refractivity contribution < 1.29 is 4.39 Å². The number of hydrogen-bond acceptors (Lipinski definition) is 1. The fourth-order valence-electron chi connectivity index (χ4n) is 0.608. The molecular formula is C9H14FN. The van der Waals surface area contributed by atoms with Gasteiger partial charge in [0.1, 0.15) is 6.33 Å². The quantitative estimate of drug-likeness (QED) is 0.615. The Labute approximate surface area is 67.3 Å². The Morgan fingerprint density at radius 2 is 2.18 bits per heavy atom. The minimum Gasteiger partial charge on any atom is -0.383 e. The fraction of sp³-hybridized carbons (Fsp3) is 0.333. The molecule has 0 aliphatic rings. The van der Waals surface area contributed by atoms with E-state index < -0.39 is 0 Å². The van der Waals surface area contributed by atoms with Crippen LogP contribution in [0, 0.1) is 0 Å². The van der Waals surface area contributed by atoms with E-state index in [1.165, 1.54) is 0 Å². The molecule has 0 rings (SSSR count). The fourth-order valence-corrected chi connectivity index (χ4v) is 0.608. The van der Waals surface area contributed by atoms with Crippen LogP contribution in [-0.2, 0) is 0 Å². The Kier molecular flexibility index (Phi) is 6.39. The molecule has 0 amide bonds. The van der Waals surface area contributed by atoms with Crippen molar-refractivity contribution in [2.45, 2.75) is 13.8 Å². The van der Waals surface area contributed by atoms with Gasteiger partial charge in [-0.1, -0.05) is 18.2 Å². The van der Waals surface area contributed by atoms with Crippen LogP contribution in [0.3, 0.4) is 0 Å². The molecule has 62 valence electrons. The Morgan fingerprint density at radius 3 is 2.64 bits per heavy atom. The number of nitrogens with one attached hydrogen (secondary N) is 1. The number of likely N-dealkylation sites (N-methyl/N-ethyl adjacent to an activating group) is 1. The van der Waals surface area contributed by atoms with Crippen molar-refractivity contribution in [2.75, 3.05) is 6.54 Å². The Morgan fingerprint density at radius 1 is 1.45 bits per heavy atom. The molecule has 0 aromatic heterocycles. The molecule has 0 saturated heterocycles. The lowest BCUT2D eigenvalue weighted by Gasteiger charge is -1.98. The molecule has 0 aromatic rings. The van der Waals surface area contributed by atoms with Gasteiger partial charge < -0.3 is 5.32 Å². The van der Waals surface area contributed by atoms with Crippen LogP contribution in [0.25, 0.3) is 0 Å². The predicted molar refractivity (Wildman–Crippen MR) is 46.8 cm³/mol. The average Bonchev–Trinajstić information content (AvgIpc) is 2.03. The summed E-state index contributed by atoms with van der Waals surface area (Å²) in [6.07, 6.45) is 7.76. The van der Waals surface area contributed by atoms with Crippen LogP contribution in [0.5, 0.6) is 0 Å². The SMILES string of the molecule is C\C=C/C=C\C(=C\F)NCC. The first-order chi connectivity index (χ1) is 5.35. The zero-order chi connectivity index (χ0) is 8.53. The third-order valence-corrected chi connectivity index (χ3v) is 1.08. The summed E-state index contributed by atoms with van der Waals surface area (Å²) >= 11 is 0. The summed E-state index contributed by atoms with van der Waals surface area (Å²) in [6.45, 7) is 4.57. The van der Waals surface area contributed by atoms with E-state index >= 15 is 0 Å². The number of allylic oxidation sites excluding steroid dienone is 4. The lowest BCUT2D eigenvalue weighted by atomic mass is 10.4. The first-order valence-electron chi connectivity index (χ1n) is 3.68. The molecule has 0 unspecified atom stereocenters. The molecule has 0 spiro atoms. The molecule has 11 heavy (non-hydrogen) atoms.